The Kier molecular flexibility index (Phi) is 5.19. The molecule has 0 spiro atoms. The molecule has 104 valence electrons. The Morgan fingerprint density at radius 1 is 1.26 bits per heavy atom. The maximum Gasteiger partial charge on any atom is 0.172 e. The van der Waals surface area contributed by atoms with Gasteiger partial charge in [-0.15, -0.1) is 0 Å². The second-order valence-electron chi connectivity index (χ2n) is 4.69. The smallest absolute Gasteiger partial charge is 0.172 e. The van der Waals surface area contributed by atoms with E-state index >= 15 is 0 Å². The highest BCUT2D eigenvalue weighted by molar-refractivity contribution is 6.33. The lowest BCUT2D eigenvalue weighted by molar-refractivity contribution is -0.123. The maximum absolute atomic E-state index is 11.5. The van der Waals surface area contributed by atoms with Gasteiger partial charge in [0.15, 0.2) is 5.78 Å². The first-order valence-electron chi connectivity index (χ1n) is 6.43. The highest BCUT2D eigenvalue weighted by Gasteiger charge is 2.20. The molecule has 1 aromatic rings. The van der Waals surface area contributed by atoms with Gasteiger partial charge in [0, 0.05) is 33.3 Å². The van der Waals surface area contributed by atoms with Crippen molar-refractivity contribution in [2.24, 2.45) is 0 Å². The molecule has 0 unspecified atom stereocenters. The summed E-state index contributed by atoms with van der Waals surface area (Å²) in [5.74, 6) is 0.133. The van der Waals surface area contributed by atoms with Crippen LogP contribution < -0.4 is 4.90 Å². The molecule has 4 nitrogen and oxygen atoms in total. The van der Waals surface area contributed by atoms with Crippen LogP contribution in [0.15, 0.2) is 24.3 Å². The fraction of sp³-hybridized carbons (Fsp3) is 0.500. The molecule has 0 bridgehead atoms. The van der Waals surface area contributed by atoms with Crippen molar-refractivity contribution >= 4 is 23.1 Å². The number of nitrogens with zero attached hydrogens (tertiary/aromatic N) is 2. The minimum Gasteiger partial charge on any atom is -0.377 e. The quantitative estimate of drug-likeness (QED) is 0.823. The first-order valence-corrected chi connectivity index (χ1v) is 6.81. The molecule has 0 radical (unpaired) electrons. The van der Waals surface area contributed by atoms with E-state index in [4.69, 9.17) is 16.3 Å². The van der Waals surface area contributed by atoms with Gasteiger partial charge < -0.3 is 9.64 Å². The molecular formula is C14H19ClN2O2. The van der Waals surface area contributed by atoms with Crippen LogP contribution >= 0.6 is 11.6 Å². The van der Waals surface area contributed by atoms with Crippen molar-refractivity contribution < 1.29 is 9.53 Å². The predicted octanol–water partition coefficient (Wildman–Crippen LogP) is 1.68. The summed E-state index contributed by atoms with van der Waals surface area (Å²) in [5.41, 5.74) is 1.08. The van der Waals surface area contributed by atoms with Crippen molar-refractivity contribution in [3.63, 3.8) is 0 Å². The van der Waals surface area contributed by atoms with Crippen LogP contribution in [0.25, 0.3) is 0 Å². The van der Waals surface area contributed by atoms with E-state index in [0.717, 1.165) is 36.9 Å². The summed E-state index contributed by atoms with van der Waals surface area (Å²) in [5, 5.41) is 0.784. The summed E-state index contributed by atoms with van der Waals surface area (Å²) >= 11 is 6.19. The molecule has 1 fully saturated rings. The number of ether oxygens (including phenoxy) is 1. The Labute approximate surface area is 118 Å². The van der Waals surface area contributed by atoms with Crippen LogP contribution in [0, 0.1) is 0 Å². The number of hydrogen-bond donors (Lipinski definition) is 0. The maximum atomic E-state index is 11.5. The van der Waals surface area contributed by atoms with Gasteiger partial charge in [-0.05, 0) is 12.1 Å². The minimum atomic E-state index is 0.133. The molecule has 19 heavy (non-hydrogen) atoms. The predicted molar refractivity (Wildman–Crippen MR) is 77.0 cm³/mol. The molecule has 0 saturated carbocycles. The van der Waals surface area contributed by atoms with Crippen molar-refractivity contribution in [3.05, 3.63) is 29.3 Å². The topological polar surface area (TPSA) is 32.8 Å². The van der Waals surface area contributed by atoms with Crippen LogP contribution in [0.2, 0.25) is 5.02 Å². The van der Waals surface area contributed by atoms with Gasteiger partial charge in [0.25, 0.3) is 0 Å². The lowest BCUT2D eigenvalue weighted by Crippen LogP contribution is -2.48. The van der Waals surface area contributed by atoms with Crippen LogP contribution in [0.3, 0.4) is 0 Å². The van der Waals surface area contributed by atoms with Gasteiger partial charge in [-0.25, -0.2) is 0 Å². The number of anilines is 1. The second kappa shape index (κ2) is 6.89. The molecule has 0 aromatic heterocycles. The first kappa shape index (κ1) is 14.3. The Balaban J connectivity index is 1.86. The fourth-order valence-corrected chi connectivity index (χ4v) is 2.57. The molecule has 2 rings (SSSR count). The van der Waals surface area contributed by atoms with E-state index in [1.165, 1.54) is 0 Å². The van der Waals surface area contributed by atoms with Gasteiger partial charge in [-0.2, -0.15) is 0 Å². The van der Waals surface area contributed by atoms with Crippen molar-refractivity contribution in [2.75, 3.05) is 51.3 Å². The normalized spacial score (nSPS) is 16.6. The lowest BCUT2D eigenvalue weighted by atomic mass is 10.2. The zero-order valence-electron chi connectivity index (χ0n) is 11.1. The van der Waals surface area contributed by atoms with Crippen molar-refractivity contribution in [3.8, 4) is 0 Å². The molecule has 5 heteroatoms. The van der Waals surface area contributed by atoms with E-state index in [0.29, 0.717) is 6.54 Å². The number of hydrogen-bond acceptors (Lipinski definition) is 4. The summed E-state index contributed by atoms with van der Waals surface area (Å²) < 4.78 is 4.85. The van der Waals surface area contributed by atoms with Gasteiger partial charge in [-0.3, -0.25) is 9.69 Å². The second-order valence-corrected chi connectivity index (χ2v) is 5.09. The van der Waals surface area contributed by atoms with Crippen LogP contribution in [-0.2, 0) is 9.53 Å². The van der Waals surface area contributed by atoms with E-state index < -0.39 is 0 Å². The van der Waals surface area contributed by atoms with Gasteiger partial charge in [0.1, 0.15) is 6.61 Å². The number of benzene rings is 1. The summed E-state index contributed by atoms with van der Waals surface area (Å²) in [6.07, 6.45) is 0. The Bertz CT molecular complexity index is 431. The SMILES string of the molecule is COCC(=O)CN1CCN(c2ccccc2Cl)CC1. The third-order valence-corrected chi connectivity index (χ3v) is 3.59. The average molecular weight is 283 g/mol. The number of carbonyl (C=O) groups excluding carboxylic acids is 1. The summed E-state index contributed by atoms with van der Waals surface area (Å²) in [7, 11) is 1.55. The number of halogens is 1. The van der Waals surface area contributed by atoms with Crippen molar-refractivity contribution in [1.29, 1.82) is 0 Å². The fourth-order valence-electron chi connectivity index (χ4n) is 2.31. The van der Waals surface area contributed by atoms with Gasteiger partial charge >= 0.3 is 0 Å². The largest absolute Gasteiger partial charge is 0.377 e. The molecular weight excluding hydrogens is 264 g/mol. The number of methoxy groups -OCH3 is 1. The highest BCUT2D eigenvalue weighted by Crippen LogP contribution is 2.25. The number of carbonyl (C=O) groups is 1. The molecule has 1 saturated heterocycles. The third kappa shape index (κ3) is 3.93. The minimum absolute atomic E-state index is 0.133. The third-order valence-electron chi connectivity index (χ3n) is 3.27. The molecule has 1 heterocycles. The monoisotopic (exact) mass is 282 g/mol. The number of rotatable bonds is 5. The molecule has 0 aliphatic carbocycles. The zero-order valence-corrected chi connectivity index (χ0v) is 11.9. The van der Waals surface area contributed by atoms with E-state index in [1.807, 2.05) is 24.3 Å². The number of para-hydroxylation sites is 1. The van der Waals surface area contributed by atoms with Crippen LogP contribution in [-0.4, -0.2) is 57.1 Å². The number of piperazine rings is 1. The van der Waals surface area contributed by atoms with Crippen molar-refractivity contribution in [2.45, 2.75) is 0 Å². The van der Waals surface area contributed by atoms with Gasteiger partial charge in [-0.1, -0.05) is 23.7 Å². The highest BCUT2D eigenvalue weighted by atomic mass is 35.5. The Morgan fingerprint density at radius 3 is 2.58 bits per heavy atom. The van der Waals surface area contributed by atoms with Gasteiger partial charge in [0.2, 0.25) is 0 Å². The van der Waals surface area contributed by atoms with E-state index in [1.54, 1.807) is 7.11 Å². The van der Waals surface area contributed by atoms with Crippen LogP contribution in [0.4, 0.5) is 5.69 Å². The molecule has 1 aromatic carbocycles. The molecule has 0 amide bonds. The van der Waals surface area contributed by atoms with Crippen molar-refractivity contribution in [1.82, 2.24) is 4.90 Å². The molecule has 1 aliphatic rings. The van der Waals surface area contributed by atoms with E-state index in [-0.39, 0.29) is 12.4 Å². The average Bonchev–Trinajstić information content (AvgIpc) is 2.41. The summed E-state index contributed by atoms with van der Waals surface area (Å²) in [4.78, 5) is 15.9. The number of Topliss-reactive ketones (excluding diaryl/α,β-unsaturated/α-hetero) is 1. The van der Waals surface area contributed by atoms with Gasteiger partial charge in [0.05, 0.1) is 17.3 Å². The standard InChI is InChI=1S/C14H19ClN2O2/c1-19-11-12(18)10-16-6-8-17(9-7-16)14-5-3-2-4-13(14)15/h2-5H,6-11H2,1H3. The lowest BCUT2D eigenvalue weighted by Gasteiger charge is -2.36. The van der Waals surface area contributed by atoms with Crippen LogP contribution in [0.5, 0.6) is 0 Å². The molecule has 1 aliphatic heterocycles. The Hall–Kier alpha value is -1.10. The van der Waals surface area contributed by atoms with E-state index in [9.17, 15) is 4.79 Å². The molecule has 0 atom stereocenters. The summed E-state index contributed by atoms with van der Waals surface area (Å²) in [6.45, 7) is 4.21. The first-order chi connectivity index (χ1) is 9.20. The Morgan fingerprint density at radius 2 is 1.95 bits per heavy atom. The van der Waals surface area contributed by atoms with Crippen LogP contribution in [0.1, 0.15) is 0 Å². The summed E-state index contributed by atoms with van der Waals surface area (Å²) in [6, 6.07) is 7.88. The number of ketones is 1. The molecule has 0 N–H and O–H groups in total. The zero-order chi connectivity index (χ0) is 13.7. The van der Waals surface area contributed by atoms with E-state index in [2.05, 4.69) is 9.80 Å².